The minimum atomic E-state index is -0.445. The Kier molecular flexibility index (Phi) is 7.39. The molecule has 0 spiro atoms. The molecule has 0 saturated carbocycles. The van der Waals surface area contributed by atoms with E-state index >= 15 is 0 Å². The van der Waals surface area contributed by atoms with E-state index in [0.717, 1.165) is 20.2 Å². The molecule has 0 atom stereocenters. The molecule has 0 bridgehead atoms. The van der Waals surface area contributed by atoms with Crippen molar-refractivity contribution in [1.82, 2.24) is 9.88 Å². The Morgan fingerprint density at radius 3 is 2.53 bits per heavy atom. The van der Waals surface area contributed by atoms with Crippen molar-refractivity contribution in [2.45, 2.75) is 17.2 Å². The number of carbonyl (C=O) groups is 3. The summed E-state index contributed by atoms with van der Waals surface area (Å²) < 4.78 is 7.02. The summed E-state index contributed by atoms with van der Waals surface area (Å²) in [6.07, 6.45) is 1.18. The van der Waals surface area contributed by atoms with E-state index in [4.69, 9.17) is 4.74 Å². The van der Waals surface area contributed by atoms with Gasteiger partial charge in [-0.25, -0.2) is 4.98 Å². The highest BCUT2D eigenvalue weighted by molar-refractivity contribution is 8.01. The van der Waals surface area contributed by atoms with Crippen LogP contribution in [0.2, 0.25) is 0 Å². The number of aromatic nitrogens is 1. The van der Waals surface area contributed by atoms with Crippen LogP contribution in [0.5, 0.6) is 0 Å². The number of nitrogens with zero attached hydrogens (tertiary/aromatic N) is 2. The van der Waals surface area contributed by atoms with Gasteiger partial charge in [-0.3, -0.25) is 14.4 Å². The number of likely N-dealkylation sites (tertiary alicyclic amines) is 1. The van der Waals surface area contributed by atoms with Crippen LogP contribution in [0, 0.1) is 5.92 Å². The number of esters is 1. The van der Waals surface area contributed by atoms with Crippen LogP contribution in [0.15, 0.2) is 58.9 Å². The maximum atomic E-state index is 12.4. The van der Waals surface area contributed by atoms with Gasteiger partial charge in [0.1, 0.15) is 0 Å². The molecular formula is C23H23N3O4S2. The number of benzene rings is 2. The Bertz CT molecular complexity index is 1060. The molecule has 2 aromatic carbocycles. The van der Waals surface area contributed by atoms with Crippen molar-refractivity contribution in [2.75, 3.05) is 30.8 Å². The molecule has 3 aromatic rings. The average molecular weight is 470 g/mol. The van der Waals surface area contributed by atoms with E-state index in [-0.39, 0.29) is 30.1 Å². The molecule has 2 amide bonds. The SMILES string of the molecule is O=C(CSc1nc2ccccc2s1)OCC(=O)N1CCC(C(=O)Nc2ccccc2)CC1. The van der Waals surface area contributed by atoms with Gasteiger partial charge in [0.25, 0.3) is 5.91 Å². The Morgan fingerprint density at radius 1 is 1.06 bits per heavy atom. The standard InChI is InChI=1S/C23H23N3O4S2/c27-20(14-30-21(28)15-31-23-25-18-8-4-5-9-19(18)32-23)26-12-10-16(11-13-26)22(29)24-17-6-2-1-3-7-17/h1-9,16H,10-15H2,(H,24,29). The van der Waals surface area contributed by atoms with Gasteiger partial charge in [0.15, 0.2) is 10.9 Å². The quantitative estimate of drug-likeness (QED) is 0.418. The maximum absolute atomic E-state index is 12.4. The van der Waals surface area contributed by atoms with Crippen molar-refractivity contribution >= 4 is 56.8 Å². The molecule has 7 nitrogen and oxygen atoms in total. The third-order valence-electron chi connectivity index (χ3n) is 5.20. The number of anilines is 1. The molecule has 1 aromatic heterocycles. The largest absolute Gasteiger partial charge is 0.455 e. The molecule has 1 aliphatic heterocycles. The lowest BCUT2D eigenvalue weighted by Crippen LogP contribution is -2.43. The number of thiazole rings is 1. The predicted octanol–water partition coefficient (Wildman–Crippen LogP) is 3.81. The van der Waals surface area contributed by atoms with Crippen LogP contribution in [-0.4, -0.2) is 53.1 Å². The molecule has 1 saturated heterocycles. The van der Waals surface area contributed by atoms with Crippen LogP contribution >= 0.6 is 23.1 Å². The number of amides is 2. The number of carbonyl (C=O) groups excluding carboxylic acids is 3. The van der Waals surface area contributed by atoms with Gasteiger partial charge in [-0.1, -0.05) is 42.1 Å². The summed E-state index contributed by atoms with van der Waals surface area (Å²) >= 11 is 2.83. The van der Waals surface area contributed by atoms with Gasteiger partial charge in [0.05, 0.1) is 16.0 Å². The van der Waals surface area contributed by atoms with Crippen LogP contribution in [0.1, 0.15) is 12.8 Å². The third-order valence-corrected chi connectivity index (χ3v) is 7.36. The summed E-state index contributed by atoms with van der Waals surface area (Å²) in [5, 5.41) is 2.91. The van der Waals surface area contributed by atoms with Crippen molar-refractivity contribution in [3.8, 4) is 0 Å². The first-order chi connectivity index (χ1) is 15.6. The van der Waals surface area contributed by atoms with Crippen LogP contribution in [0.25, 0.3) is 10.2 Å². The second-order valence-corrected chi connectivity index (χ2v) is 9.66. The molecule has 2 heterocycles. The van der Waals surface area contributed by atoms with Crippen molar-refractivity contribution in [2.24, 2.45) is 5.92 Å². The topological polar surface area (TPSA) is 88.6 Å². The zero-order chi connectivity index (χ0) is 22.3. The molecule has 4 rings (SSSR count). The third kappa shape index (κ3) is 5.86. The fourth-order valence-electron chi connectivity index (χ4n) is 3.47. The van der Waals surface area contributed by atoms with Gasteiger partial charge in [-0.15, -0.1) is 11.3 Å². The van der Waals surface area contributed by atoms with Gasteiger partial charge >= 0.3 is 5.97 Å². The Balaban J connectivity index is 1.16. The number of ether oxygens (including phenoxy) is 1. The fourth-order valence-corrected chi connectivity index (χ4v) is 5.33. The number of rotatable bonds is 7. The molecule has 1 fully saturated rings. The van der Waals surface area contributed by atoms with Gasteiger partial charge in [-0.05, 0) is 37.1 Å². The van der Waals surface area contributed by atoms with E-state index < -0.39 is 5.97 Å². The number of fused-ring (bicyclic) bond motifs is 1. The highest BCUT2D eigenvalue weighted by atomic mass is 32.2. The van der Waals surface area contributed by atoms with Crippen LogP contribution < -0.4 is 5.32 Å². The average Bonchev–Trinajstić information content (AvgIpc) is 3.25. The number of nitrogens with one attached hydrogen (secondary N) is 1. The van der Waals surface area contributed by atoms with Crippen molar-refractivity contribution < 1.29 is 19.1 Å². The molecule has 0 aliphatic carbocycles. The van der Waals surface area contributed by atoms with E-state index in [1.165, 1.54) is 23.1 Å². The Hall–Kier alpha value is -2.91. The summed E-state index contributed by atoms with van der Waals surface area (Å²) in [5.41, 5.74) is 1.68. The maximum Gasteiger partial charge on any atom is 0.316 e. The highest BCUT2D eigenvalue weighted by Crippen LogP contribution is 2.29. The van der Waals surface area contributed by atoms with E-state index in [2.05, 4.69) is 10.3 Å². The smallest absolute Gasteiger partial charge is 0.316 e. The summed E-state index contributed by atoms with van der Waals surface area (Å²) in [7, 11) is 0. The lowest BCUT2D eigenvalue weighted by molar-refractivity contribution is -0.150. The van der Waals surface area contributed by atoms with Crippen molar-refractivity contribution in [3.05, 3.63) is 54.6 Å². The van der Waals surface area contributed by atoms with Crippen molar-refractivity contribution in [3.63, 3.8) is 0 Å². The molecule has 0 radical (unpaired) electrons. The molecular weight excluding hydrogens is 446 g/mol. The van der Waals surface area contributed by atoms with E-state index in [9.17, 15) is 14.4 Å². The van der Waals surface area contributed by atoms with Crippen LogP contribution in [0.4, 0.5) is 5.69 Å². The zero-order valence-electron chi connectivity index (χ0n) is 17.4. The van der Waals surface area contributed by atoms with Crippen LogP contribution in [-0.2, 0) is 19.1 Å². The van der Waals surface area contributed by atoms with Crippen LogP contribution in [0.3, 0.4) is 0 Å². The second-order valence-electron chi connectivity index (χ2n) is 7.41. The molecule has 166 valence electrons. The molecule has 1 aliphatic rings. The predicted molar refractivity (Wildman–Crippen MR) is 126 cm³/mol. The Morgan fingerprint density at radius 2 is 1.78 bits per heavy atom. The number of para-hydroxylation sites is 2. The second kappa shape index (κ2) is 10.6. The molecule has 9 heteroatoms. The van der Waals surface area contributed by atoms with E-state index in [0.29, 0.717) is 25.9 Å². The number of piperidine rings is 1. The minimum absolute atomic E-state index is 0.0263. The fraction of sp³-hybridized carbons (Fsp3) is 0.304. The minimum Gasteiger partial charge on any atom is -0.455 e. The van der Waals surface area contributed by atoms with Crippen molar-refractivity contribution in [1.29, 1.82) is 0 Å². The summed E-state index contributed by atoms with van der Waals surface area (Å²) in [6.45, 7) is 0.674. The normalized spacial score (nSPS) is 14.3. The number of thioether (sulfide) groups is 1. The number of hydrogen-bond acceptors (Lipinski definition) is 7. The zero-order valence-corrected chi connectivity index (χ0v) is 19.0. The van der Waals surface area contributed by atoms with E-state index in [1.54, 1.807) is 4.90 Å². The first kappa shape index (κ1) is 22.3. The lowest BCUT2D eigenvalue weighted by Gasteiger charge is -2.31. The van der Waals surface area contributed by atoms with E-state index in [1.807, 2.05) is 54.6 Å². The monoisotopic (exact) mass is 469 g/mol. The summed E-state index contributed by atoms with van der Waals surface area (Å²) in [6, 6.07) is 17.1. The first-order valence-corrected chi connectivity index (χ1v) is 12.2. The highest BCUT2D eigenvalue weighted by Gasteiger charge is 2.27. The van der Waals surface area contributed by atoms with Gasteiger partial charge in [0, 0.05) is 24.7 Å². The van der Waals surface area contributed by atoms with Gasteiger partial charge in [-0.2, -0.15) is 0 Å². The number of hydrogen-bond donors (Lipinski definition) is 1. The Labute approximate surface area is 194 Å². The van der Waals surface area contributed by atoms with Gasteiger partial charge in [0.2, 0.25) is 5.91 Å². The summed E-state index contributed by atoms with van der Waals surface area (Å²) in [5.74, 6) is -0.729. The molecule has 1 N–H and O–H groups in total. The van der Waals surface area contributed by atoms with Gasteiger partial charge < -0.3 is 15.0 Å². The summed E-state index contributed by atoms with van der Waals surface area (Å²) in [4.78, 5) is 43.0. The first-order valence-electron chi connectivity index (χ1n) is 10.4. The molecule has 32 heavy (non-hydrogen) atoms. The molecule has 0 unspecified atom stereocenters. The lowest BCUT2D eigenvalue weighted by atomic mass is 9.95.